The Hall–Kier alpha value is -3.03. The van der Waals surface area contributed by atoms with Gasteiger partial charge in [0.15, 0.2) is 0 Å². The molecule has 1 aliphatic heterocycles. The van der Waals surface area contributed by atoms with Gasteiger partial charge in [0.2, 0.25) is 11.8 Å². The summed E-state index contributed by atoms with van der Waals surface area (Å²) in [4.78, 5) is 28.5. The number of alkyl halides is 3. The number of para-hydroxylation sites is 1. The summed E-state index contributed by atoms with van der Waals surface area (Å²) in [6.07, 6.45) is -4.59. The Morgan fingerprint density at radius 3 is 2.35 bits per heavy atom. The molecule has 3 rings (SSSR count). The van der Waals surface area contributed by atoms with Gasteiger partial charge in [-0.15, -0.1) is 0 Å². The third-order valence-electron chi connectivity index (χ3n) is 6.56. The molecule has 2 aromatic rings. The Morgan fingerprint density at radius 1 is 1.21 bits per heavy atom. The molecule has 1 fully saturated rings. The van der Waals surface area contributed by atoms with Gasteiger partial charge in [-0.2, -0.15) is 13.2 Å². The summed E-state index contributed by atoms with van der Waals surface area (Å²) in [7, 11) is 0. The van der Waals surface area contributed by atoms with E-state index < -0.39 is 29.0 Å². The number of hydrogen-bond donors (Lipinski definition) is 1. The first-order chi connectivity index (χ1) is 15.8. The van der Waals surface area contributed by atoms with Crippen LogP contribution in [0.2, 0.25) is 0 Å². The summed E-state index contributed by atoms with van der Waals surface area (Å²) in [5.41, 5.74) is 0.573. The first-order valence-corrected chi connectivity index (χ1v) is 11.4. The SMILES string of the molecule is CCC1(C(=O)Nc2cc(OC(C)C)cc(C(F)(F)F)c2)CN(c2c(C)cccc2C)C(=O)C1C. The first kappa shape index (κ1) is 25.6. The first-order valence-electron chi connectivity index (χ1n) is 11.4. The number of hydrogen-bond acceptors (Lipinski definition) is 3. The van der Waals surface area contributed by atoms with Gasteiger partial charge in [-0.25, -0.2) is 0 Å². The second kappa shape index (κ2) is 9.31. The van der Waals surface area contributed by atoms with E-state index in [2.05, 4.69) is 5.32 Å². The topological polar surface area (TPSA) is 58.6 Å². The van der Waals surface area contributed by atoms with E-state index in [0.717, 1.165) is 28.9 Å². The summed E-state index contributed by atoms with van der Waals surface area (Å²) in [5.74, 6) is -1.30. The standard InChI is InChI=1S/C26H31F3N2O3/c1-7-25(14-31(23(32)18(25)6)22-16(4)9-8-10-17(22)5)24(33)30-20-11-19(26(27,28)29)12-21(13-20)34-15(2)3/h8-13,15,18H,7,14H2,1-6H3,(H,30,33). The molecule has 2 aromatic carbocycles. The molecule has 2 atom stereocenters. The van der Waals surface area contributed by atoms with Crippen molar-refractivity contribution in [3.63, 3.8) is 0 Å². The zero-order chi connectivity index (χ0) is 25.4. The van der Waals surface area contributed by atoms with Crippen LogP contribution in [-0.4, -0.2) is 24.5 Å². The van der Waals surface area contributed by atoms with Gasteiger partial charge in [0.25, 0.3) is 0 Å². The summed E-state index contributed by atoms with van der Waals surface area (Å²) in [5, 5.41) is 2.66. The molecule has 1 saturated heterocycles. The van der Waals surface area contributed by atoms with E-state index in [4.69, 9.17) is 4.74 Å². The second-order valence-electron chi connectivity index (χ2n) is 9.26. The highest BCUT2D eigenvalue weighted by Crippen LogP contribution is 2.44. The van der Waals surface area contributed by atoms with Crippen LogP contribution in [0.3, 0.4) is 0 Å². The molecular weight excluding hydrogens is 445 g/mol. The van der Waals surface area contributed by atoms with E-state index in [1.54, 1.807) is 25.7 Å². The smallest absolute Gasteiger partial charge is 0.416 e. The highest BCUT2D eigenvalue weighted by molar-refractivity contribution is 6.07. The predicted molar refractivity (Wildman–Crippen MR) is 126 cm³/mol. The van der Waals surface area contributed by atoms with E-state index in [1.807, 2.05) is 39.0 Å². The molecule has 2 amide bonds. The van der Waals surface area contributed by atoms with Crippen molar-refractivity contribution < 1.29 is 27.5 Å². The van der Waals surface area contributed by atoms with Gasteiger partial charge in [-0.05, 0) is 57.4 Å². The monoisotopic (exact) mass is 476 g/mol. The molecule has 34 heavy (non-hydrogen) atoms. The van der Waals surface area contributed by atoms with Gasteiger partial charge in [-0.3, -0.25) is 9.59 Å². The van der Waals surface area contributed by atoms with Gasteiger partial charge in [0.1, 0.15) is 5.75 Å². The number of benzene rings is 2. The average Bonchev–Trinajstić information content (AvgIpc) is 2.98. The Balaban J connectivity index is 1.98. The minimum Gasteiger partial charge on any atom is -0.491 e. The molecule has 0 radical (unpaired) electrons. The van der Waals surface area contributed by atoms with Crippen LogP contribution in [0.15, 0.2) is 36.4 Å². The van der Waals surface area contributed by atoms with Gasteiger partial charge < -0.3 is 15.0 Å². The molecule has 0 spiro atoms. The molecule has 184 valence electrons. The predicted octanol–water partition coefficient (Wildman–Crippen LogP) is 6.13. The lowest BCUT2D eigenvalue weighted by Gasteiger charge is -2.30. The minimum atomic E-state index is -4.60. The van der Waals surface area contributed by atoms with Crippen molar-refractivity contribution in [3.05, 3.63) is 53.1 Å². The number of rotatable bonds is 6. The normalized spacial score (nSPS) is 20.7. The third-order valence-corrected chi connectivity index (χ3v) is 6.56. The van der Waals surface area contributed by atoms with Crippen molar-refractivity contribution in [1.82, 2.24) is 0 Å². The van der Waals surface area contributed by atoms with Crippen LogP contribution in [0.4, 0.5) is 24.5 Å². The quantitative estimate of drug-likeness (QED) is 0.546. The molecule has 2 unspecified atom stereocenters. The lowest BCUT2D eigenvalue weighted by atomic mass is 9.75. The zero-order valence-electron chi connectivity index (χ0n) is 20.3. The fourth-order valence-corrected chi connectivity index (χ4v) is 4.67. The van der Waals surface area contributed by atoms with Gasteiger partial charge in [0, 0.05) is 24.0 Å². The van der Waals surface area contributed by atoms with Crippen LogP contribution in [-0.2, 0) is 15.8 Å². The molecule has 0 aromatic heterocycles. The molecule has 1 aliphatic rings. The maximum Gasteiger partial charge on any atom is 0.416 e. The zero-order valence-corrected chi connectivity index (χ0v) is 20.3. The van der Waals surface area contributed by atoms with Gasteiger partial charge in [-0.1, -0.05) is 32.0 Å². The number of amides is 2. The van der Waals surface area contributed by atoms with E-state index in [9.17, 15) is 22.8 Å². The number of aryl methyl sites for hydroxylation is 2. The maximum absolute atomic E-state index is 13.6. The van der Waals surface area contributed by atoms with Crippen molar-refractivity contribution in [2.75, 3.05) is 16.8 Å². The molecule has 0 bridgehead atoms. The van der Waals surface area contributed by atoms with E-state index in [1.165, 1.54) is 6.07 Å². The summed E-state index contributed by atoms with van der Waals surface area (Å²) >= 11 is 0. The molecule has 0 aliphatic carbocycles. The largest absolute Gasteiger partial charge is 0.491 e. The van der Waals surface area contributed by atoms with Crippen molar-refractivity contribution in [1.29, 1.82) is 0 Å². The number of carbonyl (C=O) groups is 2. The number of nitrogens with one attached hydrogen (secondary N) is 1. The lowest BCUT2D eigenvalue weighted by Crippen LogP contribution is -2.42. The highest BCUT2D eigenvalue weighted by atomic mass is 19.4. The van der Waals surface area contributed by atoms with Crippen molar-refractivity contribution in [2.45, 2.75) is 60.2 Å². The van der Waals surface area contributed by atoms with Crippen LogP contribution >= 0.6 is 0 Å². The molecule has 0 saturated carbocycles. The number of anilines is 2. The second-order valence-corrected chi connectivity index (χ2v) is 9.26. The summed E-state index contributed by atoms with van der Waals surface area (Å²) in [6, 6.07) is 8.90. The molecule has 8 heteroatoms. The third kappa shape index (κ3) is 4.76. The van der Waals surface area contributed by atoms with Crippen molar-refractivity contribution in [3.8, 4) is 5.75 Å². The molecular formula is C26H31F3N2O3. The average molecular weight is 477 g/mol. The van der Waals surface area contributed by atoms with Crippen molar-refractivity contribution >= 4 is 23.2 Å². The van der Waals surface area contributed by atoms with Crippen LogP contribution in [0.5, 0.6) is 5.75 Å². The fraction of sp³-hybridized carbons (Fsp3) is 0.462. The van der Waals surface area contributed by atoms with E-state index in [-0.39, 0.29) is 30.0 Å². The maximum atomic E-state index is 13.6. The van der Waals surface area contributed by atoms with E-state index >= 15 is 0 Å². The lowest BCUT2D eigenvalue weighted by molar-refractivity contribution is -0.137. The van der Waals surface area contributed by atoms with E-state index in [0.29, 0.717) is 6.42 Å². The number of nitrogens with zero attached hydrogens (tertiary/aromatic N) is 1. The number of carbonyl (C=O) groups excluding carboxylic acids is 2. The summed E-state index contributed by atoms with van der Waals surface area (Å²) in [6.45, 7) is 10.9. The summed E-state index contributed by atoms with van der Waals surface area (Å²) < 4.78 is 45.9. The van der Waals surface area contributed by atoms with Gasteiger partial charge in [0.05, 0.1) is 23.0 Å². The van der Waals surface area contributed by atoms with Crippen LogP contribution in [0.1, 0.15) is 50.8 Å². The Morgan fingerprint density at radius 2 is 1.82 bits per heavy atom. The molecule has 1 heterocycles. The minimum absolute atomic E-state index is 0.0124. The van der Waals surface area contributed by atoms with Crippen LogP contribution < -0.4 is 15.0 Å². The molecule has 1 N–H and O–H groups in total. The van der Waals surface area contributed by atoms with Crippen molar-refractivity contribution in [2.24, 2.45) is 11.3 Å². The number of ether oxygens (including phenoxy) is 1. The number of halogens is 3. The van der Waals surface area contributed by atoms with Gasteiger partial charge >= 0.3 is 6.18 Å². The van der Waals surface area contributed by atoms with Crippen LogP contribution in [0, 0.1) is 25.2 Å². The Bertz CT molecular complexity index is 1080. The Kier molecular flexibility index (Phi) is 7.01. The van der Waals surface area contributed by atoms with Crippen LogP contribution in [0.25, 0.3) is 0 Å². The Labute approximate surface area is 198 Å². The molecule has 5 nitrogen and oxygen atoms in total. The highest BCUT2D eigenvalue weighted by Gasteiger charge is 2.54. The fourth-order valence-electron chi connectivity index (χ4n) is 4.67.